The van der Waals surface area contributed by atoms with Crippen molar-refractivity contribution in [1.82, 2.24) is 4.90 Å². The molecule has 1 fully saturated rings. The predicted molar refractivity (Wildman–Crippen MR) is 56.5 cm³/mol. The number of nitrogens with zero attached hydrogens (tertiary/aromatic N) is 1. The Morgan fingerprint density at radius 3 is 2.47 bits per heavy atom. The maximum Gasteiger partial charge on any atom is 0.409 e. The van der Waals surface area contributed by atoms with Gasteiger partial charge in [0.15, 0.2) is 9.84 Å². The molecule has 1 amide bonds. The van der Waals surface area contributed by atoms with Crippen LogP contribution in [0.3, 0.4) is 0 Å². The molecule has 0 bridgehead atoms. The van der Waals surface area contributed by atoms with Gasteiger partial charge in [-0.15, -0.1) is 0 Å². The highest BCUT2D eigenvalue weighted by molar-refractivity contribution is 7.91. The fraction of sp³-hybridized carbons (Fsp3) is 0.889. The molecule has 1 aliphatic rings. The predicted octanol–water partition coefficient (Wildman–Crippen LogP) is 0.653. The minimum Gasteiger partial charge on any atom is -0.449 e. The van der Waals surface area contributed by atoms with Crippen molar-refractivity contribution in [3.63, 3.8) is 0 Å². The number of carbonyl (C=O) groups excluding carboxylic acids is 1. The van der Waals surface area contributed by atoms with Crippen molar-refractivity contribution in [2.75, 3.05) is 31.2 Å². The molecule has 0 aromatic heterocycles. The zero-order valence-electron chi connectivity index (χ0n) is 8.94. The van der Waals surface area contributed by atoms with Gasteiger partial charge in [-0.1, -0.05) is 13.3 Å². The number of ether oxygens (including phenoxy) is 1. The molecule has 5 nitrogen and oxygen atoms in total. The lowest BCUT2D eigenvalue weighted by atomic mass is 10.4. The van der Waals surface area contributed by atoms with Gasteiger partial charge in [0.05, 0.1) is 18.1 Å². The molecule has 88 valence electrons. The Hall–Kier alpha value is -0.780. The van der Waals surface area contributed by atoms with Gasteiger partial charge < -0.3 is 9.64 Å². The molecule has 1 rings (SSSR count). The largest absolute Gasteiger partial charge is 0.449 e. The van der Waals surface area contributed by atoms with Gasteiger partial charge in [-0.05, 0) is 6.42 Å². The summed E-state index contributed by atoms with van der Waals surface area (Å²) in [6, 6.07) is 0. The van der Waals surface area contributed by atoms with Crippen molar-refractivity contribution in [1.29, 1.82) is 0 Å². The van der Waals surface area contributed by atoms with Crippen molar-refractivity contribution >= 4 is 15.9 Å². The van der Waals surface area contributed by atoms with Crippen LogP contribution < -0.4 is 0 Å². The van der Waals surface area contributed by atoms with Crippen LogP contribution in [0.15, 0.2) is 0 Å². The minimum atomic E-state index is -2.92. The third kappa shape index (κ3) is 4.07. The van der Waals surface area contributed by atoms with E-state index in [1.165, 1.54) is 4.90 Å². The van der Waals surface area contributed by atoms with Crippen LogP contribution in [0.2, 0.25) is 0 Å². The molecule has 1 aliphatic heterocycles. The van der Waals surface area contributed by atoms with E-state index in [-0.39, 0.29) is 24.6 Å². The van der Waals surface area contributed by atoms with Gasteiger partial charge in [-0.3, -0.25) is 0 Å². The van der Waals surface area contributed by atoms with Gasteiger partial charge >= 0.3 is 6.09 Å². The van der Waals surface area contributed by atoms with E-state index in [0.29, 0.717) is 6.61 Å². The lowest BCUT2D eigenvalue weighted by molar-refractivity contribution is 0.104. The summed E-state index contributed by atoms with van der Waals surface area (Å²) in [5, 5.41) is 0. The van der Waals surface area contributed by atoms with Crippen molar-refractivity contribution in [2.45, 2.75) is 19.8 Å². The molecule has 6 heteroatoms. The Labute approximate surface area is 90.3 Å². The molecule has 0 spiro atoms. The smallest absolute Gasteiger partial charge is 0.409 e. The van der Waals surface area contributed by atoms with Crippen LogP contribution in [-0.4, -0.2) is 50.6 Å². The van der Waals surface area contributed by atoms with Crippen LogP contribution in [0.4, 0.5) is 4.79 Å². The van der Waals surface area contributed by atoms with E-state index < -0.39 is 15.9 Å². The normalized spacial score (nSPS) is 19.9. The SMILES string of the molecule is CCCCOC(=O)N1CCS(=O)(=O)CC1. The number of sulfone groups is 1. The third-order valence-corrected chi connectivity index (χ3v) is 3.94. The summed E-state index contributed by atoms with van der Waals surface area (Å²) in [7, 11) is -2.92. The average molecular weight is 235 g/mol. The molecule has 1 saturated heterocycles. The molecule has 1 heterocycles. The molecular weight excluding hydrogens is 218 g/mol. The number of hydrogen-bond acceptors (Lipinski definition) is 4. The summed E-state index contributed by atoms with van der Waals surface area (Å²) >= 11 is 0. The van der Waals surface area contributed by atoms with E-state index >= 15 is 0 Å². The summed E-state index contributed by atoms with van der Waals surface area (Å²) in [6.07, 6.45) is 1.43. The van der Waals surface area contributed by atoms with Gasteiger partial charge in [0.1, 0.15) is 0 Å². The number of hydrogen-bond donors (Lipinski definition) is 0. The summed E-state index contributed by atoms with van der Waals surface area (Å²) in [6.45, 7) is 2.94. The Kier molecular flexibility index (Phi) is 4.38. The van der Waals surface area contributed by atoms with Crippen LogP contribution in [-0.2, 0) is 14.6 Å². The monoisotopic (exact) mass is 235 g/mol. The van der Waals surface area contributed by atoms with Crippen molar-refractivity contribution in [2.24, 2.45) is 0 Å². The van der Waals surface area contributed by atoms with E-state index in [1.807, 2.05) is 6.92 Å². The van der Waals surface area contributed by atoms with Crippen molar-refractivity contribution < 1.29 is 17.9 Å². The molecule has 0 saturated carbocycles. The first-order valence-electron chi connectivity index (χ1n) is 5.17. The lowest BCUT2D eigenvalue weighted by Crippen LogP contribution is -2.44. The molecule has 0 aliphatic carbocycles. The summed E-state index contributed by atoms with van der Waals surface area (Å²) in [5.74, 6) is 0.103. The summed E-state index contributed by atoms with van der Waals surface area (Å²) < 4.78 is 27.2. The third-order valence-electron chi connectivity index (χ3n) is 2.33. The summed E-state index contributed by atoms with van der Waals surface area (Å²) in [5.41, 5.74) is 0. The first-order chi connectivity index (χ1) is 7.05. The first-order valence-corrected chi connectivity index (χ1v) is 6.99. The number of carbonyl (C=O) groups is 1. The fourth-order valence-electron chi connectivity index (χ4n) is 1.29. The minimum absolute atomic E-state index is 0.0515. The van der Waals surface area contributed by atoms with Gasteiger partial charge in [0.25, 0.3) is 0 Å². The quantitative estimate of drug-likeness (QED) is 0.674. The second kappa shape index (κ2) is 5.34. The molecular formula is C9H17NO4S. The summed E-state index contributed by atoms with van der Waals surface area (Å²) in [4.78, 5) is 12.8. The lowest BCUT2D eigenvalue weighted by Gasteiger charge is -2.25. The Morgan fingerprint density at radius 1 is 1.33 bits per heavy atom. The highest BCUT2D eigenvalue weighted by atomic mass is 32.2. The van der Waals surface area contributed by atoms with Gasteiger partial charge in [0.2, 0.25) is 0 Å². The van der Waals surface area contributed by atoms with Crippen molar-refractivity contribution in [3.8, 4) is 0 Å². The van der Waals surface area contributed by atoms with Crippen molar-refractivity contribution in [3.05, 3.63) is 0 Å². The number of unbranched alkanes of at least 4 members (excludes halogenated alkanes) is 1. The molecule has 0 radical (unpaired) electrons. The Balaban J connectivity index is 2.30. The van der Waals surface area contributed by atoms with E-state index in [1.54, 1.807) is 0 Å². The average Bonchev–Trinajstić information content (AvgIpc) is 2.18. The highest BCUT2D eigenvalue weighted by Gasteiger charge is 2.25. The van der Waals surface area contributed by atoms with E-state index in [0.717, 1.165) is 12.8 Å². The second-order valence-electron chi connectivity index (χ2n) is 3.61. The van der Waals surface area contributed by atoms with Crippen LogP contribution in [0, 0.1) is 0 Å². The Bertz CT molecular complexity index is 298. The van der Waals surface area contributed by atoms with Crippen LogP contribution in [0.5, 0.6) is 0 Å². The molecule has 0 aromatic carbocycles. The maximum atomic E-state index is 11.4. The second-order valence-corrected chi connectivity index (χ2v) is 5.91. The molecule has 0 aromatic rings. The zero-order valence-corrected chi connectivity index (χ0v) is 9.75. The fourth-order valence-corrected chi connectivity index (χ4v) is 2.49. The van der Waals surface area contributed by atoms with Gasteiger partial charge in [0, 0.05) is 13.1 Å². The zero-order chi connectivity index (χ0) is 11.3. The maximum absolute atomic E-state index is 11.4. The van der Waals surface area contributed by atoms with E-state index in [2.05, 4.69) is 0 Å². The van der Waals surface area contributed by atoms with Gasteiger partial charge in [-0.25, -0.2) is 13.2 Å². The standard InChI is InChI=1S/C9H17NO4S/c1-2-3-6-14-9(11)10-4-7-15(12,13)8-5-10/h2-8H2,1H3. The molecule has 0 atom stereocenters. The molecule has 0 N–H and O–H groups in total. The van der Waals surface area contributed by atoms with Crippen LogP contribution in [0.1, 0.15) is 19.8 Å². The highest BCUT2D eigenvalue weighted by Crippen LogP contribution is 2.05. The first kappa shape index (κ1) is 12.3. The Morgan fingerprint density at radius 2 is 1.93 bits per heavy atom. The van der Waals surface area contributed by atoms with Crippen LogP contribution in [0.25, 0.3) is 0 Å². The molecule has 15 heavy (non-hydrogen) atoms. The van der Waals surface area contributed by atoms with E-state index in [9.17, 15) is 13.2 Å². The molecule has 0 unspecified atom stereocenters. The number of amides is 1. The number of rotatable bonds is 3. The van der Waals surface area contributed by atoms with Gasteiger partial charge in [-0.2, -0.15) is 0 Å². The van der Waals surface area contributed by atoms with E-state index in [4.69, 9.17) is 4.74 Å². The van der Waals surface area contributed by atoms with Crippen LogP contribution >= 0.6 is 0 Å². The topological polar surface area (TPSA) is 63.7 Å².